The molecule has 0 saturated heterocycles. The number of phenolic OH excluding ortho intramolecular Hbond substituents is 1. The number of nitrogens with zero attached hydrogens (tertiary/aromatic N) is 2. The van der Waals surface area contributed by atoms with Crippen molar-refractivity contribution in [2.75, 3.05) is 5.73 Å². The molecule has 2 heterocycles. The smallest absolute Gasteiger partial charge is 0.356 e. The summed E-state index contributed by atoms with van der Waals surface area (Å²) in [6, 6.07) is 9.44. The second-order valence-corrected chi connectivity index (χ2v) is 4.68. The van der Waals surface area contributed by atoms with E-state index in [0.29, 0.717) is 22.8 Å². The van der Waals surface area contributed by atoms with E-state index in [0.717, 1.165) is 0 Å². The Kier molecular flexibility index (Phi) is 3.30. The van der Waals surface area contributed by atoms with Crippen LogP contribution in [0.2, 0.25) is 0 Å². The molecule has 0 fully saturated rings. The summed E-state index contributed by atoms with van der Waals surface area (Å²) in [5, 5.41) is 18.4. The maximum Gasteiger partial charge on any atom is 0.356 e. The number of nitrogens with two attached hydrogens (primary N) is 1. The fourth-order valence-corrected chi connectivity index (χ4v) is 2.11. The number of fused-ring (bicyclic) bond motifs is 1. The number of imidazole rings is 1. The fourth-order valence-electron chi connectivity index (χ4n) is 2.11. The number of nitrogen functional groups attached to an aromatic ring is 1. The lowest BCUT2D eigenvalue weighted by molar-refractivity contribution is 0.0693. The normalized spacial score (nSPS) is 10.7. The molecule has 0 aliphatic rings. The Morgan fingerprint density at radius 3 is 2.68 bits per heavy atom. The minimum Gasteiger partial charge on any atom is -0.508 e. The monoisotopic (exact) mass is 299 g/mol. The van der Waals surface area contributed by atoms with Gasteiger partial charge in [-0.2, -0.15) is 0 Å². The molecule has 2 aromatic heterocycles. The number of rotatable bonds is 4. The van der Waals surface area contributed by atoms with Gasteiger partial charge in [-0.25, -0.2) is 9.78 Å². The summed E-state index contributed by atoms with van der Waals surface area (Å²) < 4.78 is 7.19. The number of carbonyl (C=O) groups is 1. The number of aromatic carboxylic acids is 1. The van der Waals surface area contributed by atoms with Crippen molar-refractivity contribution < 1.29 is 19.7 Å². The lowest BCUT2D eigenvalue weighted by Gasteiger charge is -2.05. The van der Waals surface area contributed by atoms with Crippen LogP contribution in [0.15, 0.2) is 42.6 Å². The molecule has 0 aliphatic heterocycles. The third kappa shape index (κ3) is 2.51. The number of benzene rings is 1. The minimum atomic E-state index is -1.13. The predicted molar refractivity (Wildman–Crippen MR) is 79.0 cm³/mol. The minimum absolute atomic E-state index is 0.0726. The Balaban J connectivity index is 1.93. The largest absolute Gasteiger partial charge is 0.508 e. The highest BCUT2D eigenvalue weighted by atomic mass is 16.5. The zero-order valence-electron chi connectivity index (χ0n) is 11.4. The molecule has 7 heteroatoms. The summed E-state index contributed by atoms with van der Waals surface area (Å²) >= 11 is 0. The molecule has 3 rings (SSSR count). The number of hydrogen-bond donors (Lipinski definition) is 3. The van der Waals surface area contributed by atoms with Crippen molar-refractivity contribution in [3.8, 4) is 11.5 Å². The predicted octanol–water partition coefficient (Wildman–Crippen LogP) is 1.90. The van der Waals surface area contributed by atoms with E-state index >= 15 is 0 Å². The van der Waals surface area contributed by atoms with Gasteiger partial charge in [0.2, 0.25) is 0 Å². The molecule has 0 unspecified atom stereocenters. The summed E-state index contributed by atoms with van der Waals surface area (Å²) in [6.07, 6.45) is 1.65. The molecule has 1 aromatic carbocycles. The van der Waals surface area contributed by atoms with E-state index in [1.165, 1.54) is 12.1 Å². The van der Waals surface area contributed by atoms with E-state index in [2.05, 4.69) is 4.98 Å². The molecule has 0 bridgehead atoms. The number of carboxylic acids is 1. The van der Waals surface area contributed by atoms with Crippen molar-refractivity contribution in [2.45, 2.75) is 6.61 Å². The molecular formula is C15H13N3O4. The molecule has 0 radical (unpaired) electrons. The van der Waals surface area contributed by atoms with Crippen LogP contribution in [0.3, 0.4) is 0 Å². The van der Waals surface area contributed by atoms with E-state index in [9.17, 15) is 15.0 Å². The van der Waals surface area contributed by atoms with Gasteiger partial charge in [0, 0.05) is 11.9 Å². The number of aromatic nitrogens is 2. The third-order valence-corrected chi connectivity index (χ3v) is 3.15. The zero-order valence-corrected chi connectivity index (χ0v) is 11.4. The van der Waals surface area contributed by atoms with Gasteiger partial charge in [0.05, 0.1) is 5.52 Å². The topological polar surface area (TPSA) is 110 Å². The second-order valence-electron chi connectivity index (χ2n) is 4.68. The Hall–Kier alpha value is -3.22. The van der Waals surface area contributed by atoms with Crippen LogP contribution in [0.25, 0.3) is 5.52 Å². The number of phenols is 1. The van der Waals surface area contributed by atoms with Crippen LogP contribution in [0, 0.1) is 0 Å². The van der Waals surface area contributed by atoms with Gasteiger partial charge >= 0.3 is 5.97 Å². The van der Waals surface area contributed by atoms with Crippen molar-refractivity contribution in [3.05, 3.63) is 54.1 Å². The van der Waals surface area contributed by atoms with Gasteiger partial charge in [-0.15, -0.1) is 0 Å². The average Bonchev–Trinajstić information content (AvgIpc) is 2.85. The van der Waals surface area contributed by atoms with Gasteiger partial charge in [-0.1, -0.05) is 0 Å². The summed E-state index contributed by atoms with van der Waals surface area (Å²) in [7, 11) is 0. The van der Waals surface area contributed by atoms with Gasteiger partial charge < -0.3 is 20.7 Å². The molecule has 0 amide bonds. The first-order valence-electron chi connectivity index (χ1n) is 6.46. The molecular weight excluding hydrogens is 286 g/mol. The van der Waals surface area contributed by atoms with E-state index in [-0.39, 0.29) is 18.1 Å². The van der Waals surface area contributed by atoms with Crippen LogP contribution >= 0.6 is 0 Å². The summed E-state index contributed by atoms with van der Waals surface area (Å²) in [5.41, 5.74) is 6.49. The van der Waals surface area contributed by atoms with Crippen molar-refractivity contribution in [1.82, 2.24) is 9.38 Å². The standard InChI is InChI=1S/C15H13N3O4/c16-9-5-6-18-12(7-9)14(15(20)21)17-13(18)8-22-11-3-1-10(19)2-4-11/h1-7,19H,8,16H2,(H,20,21). The van der Waals surface area contributed by atoms with Crippen molar-refractivity contribution >= 4 is 17.2 Å². The van der Waals surface area contributed by atoms with Crippen LogP contribution in [0.4, 0.5) is 5.69 Å². The number of carboxylic acid groups (broad SMARTS) is 1. The quantitative estimate of drug-likeness (QED) is 0.678. The van der Waals surface area contributed by atoms with Crippen molar-refractivity contribution in [3.63, 3.8) is 0 Å². The first-order chi connectivity index (χ1) is 10.5. The number of ether oxygens (including phenoxy) is 1. The van der Waals surface area contributed by atoms with Gasteiger partial charge in [0.15, 0.2) is 11.5 Å². The summed E-state index contributed by atoms with van der Waals surface area (Å²) in [4.78, 5) is 15.4. The molecule has 0 atom stereocenters. The highest BCUT2D eigenvalue weighted by Gasteiger charge is 2.17. The SMILES string of the molecule is Nc1ccn2c(COc3ccc(O)cc3)nc(C(=O)O)c2c1. The van der Waals surface area contributed by atoms with Gasteiger partial charge in [0.25, 0.3) is 0 Å². The molecule has 0 aliphatic carbocycles. The van der Waals surface area contributed by atoms with Crippen LogP contribution in [-0.2, 0) is 6.61 Å². The lowest BCUT2D eigenvalue weighted by Crippen LogP contribution is -2.01. The maximum absolute atomic E-state index is 11.3. The summed E-state index contributed by atoms with van der Waals surface area (Å²) in [6.45, 7) is 0.0864. The molecule has 112 valence electrons. The van der Waals surface area contributed by atoms with Crippen molar-refractivity contribution in [1.29, 1.82) is 0 Å². The second kappa shape index (κ2) is 5.28. The molecule has 3 aromatic rings. The molecule has 7 nitrogen and oxygen atoms in total. The lowest BCUT2D eigenvalue weighted by atomic mass is 10.3. The Labute approximate surface area is 125 Å². The first-order valence-corrected chi connectivity index (χ1v) is 6.46. The number of anilines is 1. The number of pyridine rings is 1. The Morgan fingerprint density at radius 1 is 1.27 bits per heavy atom. The van der Waals surface area contributed by atoms with Crippen LogP contribution in [-0.4, -0.2) is 25.6 Å². The van der Waals surface area contributed by atoms with Crippen LogP contribution in [0.5, 0.6) is 11.5 Å². The number of aromatic hydroxyl groups is 1. The highest BCUT2D eigenvalue weighted by Crippen LogP contribution is 2.20. The molecule has 22 heavy (non-hydrogen) atoms. The van der Waals surface area contributed by atoms with Gasteiger partial charge in [-0.3, -0.25) is 4.40 Å². The molecule has 4 N–H and O–H groups in total. The van der Waals surface area contributed by atoms with Crippen molar-refractivity contribution in [2.24, 2.45) is 0 Å². The first kappa shape index (κ1) is 13.7. The Bertz CT molecular complexity index is 840. The Morgan fingerprint density at radius 2 is 2.00 bits per heavy atom. The fraction of sp³-hybridized carbons (Fsp3) is 0.0667. The van der Waals surface area contributed by atoms with Gasteiger partial charge in [-0.05, 0) is 36.4 Å². The maximum atomic E-state index is 11.3. The van der Waals surface area contributed by atoms with Crippen LogP contribution < -0.4 is 10.5 Å². The molecule has 0 saturated carbocycles. The highest BCUT2D eigenvalue weighted by molar-refractivity contribution is 5.94. The van der Waals surface area contributed by atoms with Gasteiger partial charge in [0.1, 0.15) is 18.1 Å². The van der Waals surface area contributed by atoms with E-state index in [1.54, 1.807) is 34.9 Å². The van der Waals surface area contributed by atoms with E-state index in [1.807, 2.05) is 0 Å². The zero-order chi connectivity index (χ0) is 15.7. The third-order valence-electron chi connectivity index (χ3n) is 3.15. The number of hydrogen-bond acceptors (Lipinski definition) is 5. The average molecular weight is 299 g/mol. The summed E-state index contributed by atoms with van der Waals surface area (Å²) in [5.74, 6) is 0.00331. The molecule has 0 spiro atoms. The van der Waals surface area contributed by atoms with Crippen LogP contribution in [0.1, 0.15) is 16.3 Å². The van der Waals surface area contributed by atoms with E-state index < -0.39 is 5.97 Å². The van der Waals surface area contributed by atoms with E-state index in [4.69, 9.17) is 10.5 Å².